The predicted octanol–water partition coefficient (Wildman–Crippen LogP) is 0.764. The number of hydrogen-bond acceptors (Lipinski definition) is 5. The predicted molar refractivity (Wildman–Crippen MR) is 64.2 cm³/mol. The first-order valence-corrected chi connectivity index (χ1v) is 5.72. The van der Waals surface area contributed by atoms with Crippen molar-refractivity contribution >= 4 is 17.8 Å². The summed E-state index contributed by atoms with van der Waals surface area (Å²) in [6.07, 6.45) is 1.21. The van der Waals surface area contributed by atoms with Gasteiger partial charge in [0.25, 0.3) is 0 Å². The maximum atomic E-state index is 11.5. The van der Waals surface area contributed by atoms with E-state index < -0.39 is 12.0 Å². The van der Waals surface area contributed by atoms with Crippen LogP contribution in [0.15, 0.2) is 10.6 Å². The summed E-state index contributed by atoms with van der Waals surface area (Å²) in [6.45, 7) is 3.53. The third-order valence-electron chi connectivity index (χ3n) is 2.28. The summed E-state index contributed by atoms with van der Waals surface area (Å²) in [6, 6.07) is 0.871. The Bertz CT molecular complexity index is 416. The Morgan fingerprint density at radius 1 is 1.56 bits per heavy atom. The number of carboxylic acids is 1. The summed E-state index contributed by atoms with van der Waals surface area (Å²) in [5.41, 5.74) is 0.660. The standard InChI is InChI=1S/C11H17N3O4/c1-3-4-8(11(16)17)12-6-9(15)13-10-5-7(2)14-18-10/h5,8,12H,3-4,6H2,1-2H3,(H,13,15)(H,16,17). The molecule has 0 saturated carbocycles. The van der Waals surface area contributed by atoms with Gasteiger partial charge in [-0.15, -0.1) is 0 Å². The lowest BCUT2D eigenvalue weighted by molar-refractivity contribution is -0.139. The van der Waals surface area contributed by atoms with Crippen LogP contribution in [0.5, 0.6) is 0 Å². The van der Waals surface area contributed by atoms with Crippen LogP contribution in [0.25, 0.3) is 0 Å². The van der Waals surface area contributed by atoms with Crippen LogP contribution in [0.3, 0.4) is 0 Å². The Kier molecular flexibility index (Phi) is 5.31. The normalized spacial score (nSPS) is 12.1. The van der Waals surface area contributed by atoms with E-state index in [2.05, 4.69) is 15.8 Å². The van der Waals surface area contributed by atoms with Gasteiger partial charge in [-0.05, 0) is 13.3 Å². The zero-order chi connectivity index (χ0) is 13.5. The van der Waals surface area contributed by atoms with E-state index in [1.54, 1.807) is 13.0 Å². The molecule has 0 spiro atoms. The molecule has 7 nitrogen and oxygen atoms in total. The topological polar surface area (TPSA) is 104 Å². The molecule has 0 bridgehead atoms. The van der Waals surface area contributed by atoms with Crippen LogP contribution in [-0.4, -0.2) is 34.7 Å². The van der Waals surface area contributed by atoms with Crippen LogP contribution >= 0.6 is 0 Å². The summed E-state index contributed by atoms with van der Waals surface area (Å²) in [4.78, 5) is 22.3. The molecule has 1 amide bonds. The average molecular weight is 255 g/mol. The van der Waals surface area contributed by atoms with Crippen molar-refractivity contribution in [3.63, 3.8) is 0 Å². The largest absolute Gasteiger partial charge is 0.480 e. The quantitative estimate of drug-likeness (QED) is 0.664. The van der Waals surface area contributed by atoms with Gasteiger partial charge < -0.3 is 9.63 Å². The number of hydrogen-bond donors (Lipinski definition) is 3. The highest BCUT2D eigenvalue weighted by Crippen LogP contribution is 2.07. The smallest absolute Gasteiger partial charge is 0.320 e. The fourth-order valence-corrected chi connectivity index (χ4v) is 1.42. The molecular weight excluding hydrogens is 238 g/mol. The highest BCUT2D eigenvalue weighted by Gasteiger charge is 2.17. The van der Waals surface area contributed by atoms with Gasteiger partial charge in [-0.3, -0.25) is 20.2 Å². The Morgan fingerprint density at radius 2 is 2.28 bits per heavy atom. The van der Waals surface area contributed by atoms with Crippen LogP contribution in [0.1, 0.15) is 25.5 Å². The van der Waals surface area contributed by atoms with E-state index in [4.69, 9.17) is 9.63 Å². The van der Waals surface area contributed by atoms with Crippen molar-refractivity contribution < 1.29 is 19.2 Å². The number of carboxylic acid groups (broad SMARTS) is 1. The Labute approximate surface area is 105 Å². The molecule has 0 radical (unpaired) electrons. The fourth-order valence-electron chi connectivity index (χ4n) is 1.42. The minimum absolute atomic E-state index is 0.0866. The maximum Gasteiger partial charge on any atom is 0.320 e. The first-order chi connectivity index (χ1) is 8.52. The van der Waals surface area contributed by atoms with Gasteiger partial charge in [-0.1, -0.05) is 18.5 Å². The minimum Gasteiger partial charge on any atom is -0.480 e. The van der Waals surface area contributed by atoms with Crippen molar-refractivity contribution in [2.45, 2.75) is 32.7 Å². The lowest BCUT2D eigenvalue weighted by Crippen LogP contribution is -2.41. The molecule has 0 fully saturated rings. The number of nitrogens with one attached hydrogen (secondary N) is 2. The first kappa shape index (κ1) is 14.2. The van der Waals surface area contributed by atoms with Crippen LogP contribution in [-0.2, 0) is 9.59 Å². The Morgan fingerprint density at radius 3 is 2.78 bits per heavy atom. The fraction of sp³-hybridized carbons (Fsp3) is 0.545. The van der Waals surface area contributed by atoms with E-state index in [1.165, 1.54) is 0 Å². The molecule has 0 aromatic carbocycles. The maximum absolute atomic E-state index is 11.5. The Hall–Kier alpha value is -1.89. The molecule has 1 unspecified atom stereocenters. The van der Waals surface area contributed by atoms with Gasteiger partial charge in [0.1, 0.15) is 6.04 Å². The van der Waals surface area contributed by atoms with Crippen molar-refractivity contribution in [2.24, 2.45) is 0 Å². The van der Waals surface area contributed by atoms with Gasteiger partial charge in [0, 0.05) is 6.07 Å². The number of amides is 1. The van der Waals surface area contributed by atoms with Crippen LogP contribution in [0.4, 0.5) is 5.88 Å². The molecule has 1 aromatic heterocycles. The van der Waals surface area contributed by atoms with Gasteiger partial charge >= 0.3 is 5.97 Å². The number of aromatic nitrogens is 1. The molecule has 0 aliphatic rings. The van der Waals surface area contributed by atoms with E-state index in [0.29, 0.717) is 12.1 Å². The average Bonchev–Trinajstić information content (AvgIpc) is 2.69. The highest BCUT2D eigenvalue weighted by molar-refractivity contribution is 5.91. The molecular formula is C11H17N3O4. The second kappa shape index (κ2) is 6.75. The van der Waals surface area contributed by atoms with Crippen LogP contribution in [0.2, 0.25) is 0 Å². The SMILES string of the molecule is CCCC(NCC(=O)Nc1cc(C)no1)C(=O)O. The molecule has 18 heavy (non-hydrogen) atoms. The first-order valence-electron chi connectivity index (χ1n) is 5.72. The number of anilines is 1. The molecule has 100 valence electrons. The summed E-state index contributed by atoms with van der Waals surface area (Å²) in [5, 5.41) is 17.7. The van der Waals surface area contributed by atoms with Gasteiger partial charge in [-0.2, -0.15) is 0 Å². The summed E-state index contributed by atoms with van der Waals surface area (Å²) in [5.74, 6) is -1.07. The number of carbonyl (C=O) groups excluding carboxylic acids is 1. The van der Waals surface area contributed by atoms with Crippen molar-refractivity contribution in [3.05, 3.63) is 11.8 Å². The number of rotatable bonds is 7. The van der Waals surface area contributed by atoms with E-state index >= 15 is 0 Å². The van der Waals surface area contributed by atoms with Crippen molar-refractivity contribution in [1.82, 2.24) is 10.5 Å². The molecule has 0 saturated heterocycles. The monoisotopic (exact) mass is 255 g/mol. The lowest BCUT2D eigenvalue weighted by Gasteiger charge is -2.12. The lowest BCUT2D eigenvalue weighted by atomic mass is 10.2. The summed E-state index contributed by atoms with van der Waals surface area (Å²) < 4.78 is 4.81. The number of carbonyl (C=O) groups is 2. The molecule has 1 heterocycles. The second-order valence-corrected chi connectivity index (χ2v) is 3.94. The van der Waals surface area contributed by atoms with Gasteiger partial charge in [0.2, 0.25) is 11.8 Å². The molecule has 1 atom stereocenters. The van der Waals surface area contributed by atoms with E-state index in [-0.39, 0.29) is 18.3 Å². The zero-order valence-electron chi connectivity index (χ0n) is 10.4. The molecule has 7 heteroatoms. The molecule has 0 aliphatic carbocycles. The van der Waals surface area contributed by atoms with Crippen molar-refractivity contribution in [3.8, 4) is 0 Å². The highest BCUT2D eigenvalue weighted by atomic mass is 16.5. The Balaban J connectivity index is 2.38. The molecule has 0 aliphatic heterocycles. The molecule has 1 rings (SSSR count). The third-order valence-corrected chi connectivity index (χ3v) is 2.28. The minimum atomic E-state index is -0.958. The van der Waals surface area contributed by atoms with Gasteiger partial charge in [0.15, 0.2) is 0 Å². The van der Waals surface area contributed by atoms with Crippen molar-refractivity contribution in [1.29, 1.82) is 0 Å². The van der Waals surface area contributed by atoms with E-state index in [9.17, 15) is 9.59 Å². The van der Waals surface area contributed by atoms with Crippen LogP contribution in [0, 0.1) is 6.92 Å². The number of nitrogens with zero attached hydrogens (tertiary/aromatic N) is 1. The third kappa shape index (κ3) is 4.54. The second-order valence-electron chi connectivity index (χ2n) is 3.94. The van der Waals surface area contributed by atoms with Crippen molar-refractivity contribution in [2.75, 3.05) is 11.9 Å². The molecule has 1 aromatic rings. The summed E-state index contributed by atoms with van der Waals surface area (Å²) in [7, 11) is 0. The summed E-state index contributed by atoms with van der Waals surface area (Å²) >= 11 is 0. The number of aliphatic carboxylic acids is 1. The van der Waals surface area contributed by atoms with Crippen LogP contribution < -0.4 is 10.6 Å². The zero-order valence-corrected chi connectivity index (χ0v) is 10.4. The van der Waals surface area contributed by atoms with Gasteiger partial charge in [0.05, 0.1) is 12.2 Å². The number of aryl methyl sites for hydroxylation is 1. The van der Waals surface area contributed by atoms with E-state index in [1.807, 2.05) is 6.92 Å². The van der Waals surface area contributed by atoms with E-state index in [0.717, 1.165) is 6.42 Å². The van der Waals surface area contributed by atoms with Gasteiger partial charge in [-0.25, -0.2) is 0 Å². The molecule has 3 N–H and O–H groups in total.